The molecule has 0 atom stereocenters. The van der Waals surface area contributed by atoms with Crippen LogP contribution < -0.4 is 20.5 Å². The van der Waals surface area contributed by atoms with Gasteiger partial charge in [0.05, 0.1) is 20.3 Å². The van der Waals surface area contributed by atoms with Crippen LogP contribution in [0.25, 0.3) is 0 Å². The molecule has 0 aromatic carbocycles. The second kappa shape index (κ2) is 7.13. The van der Waals surface area contributed by atoms with E-state index < -0.39 is 0 Å². The van der Waals surface area contributed by atoms with Crippen molar-refractivity contribution in [2.75, 3.05) is 32.6 Å². The minimum atomic E-state index is 0.0691. The molecular formula is C13H24N4O2. The van der Waals surface area contributed by atoms with Gasteiger partial charge in [0.1, 0.15) is 0 Å². The van der Waals surface area contributed by atoms with E-state index in [0.29, 0.717) is 24.3 Å². The minimum Gasteiger partial charge on any atom is -0.481 e. The quantitative estimate of drug-likeness (QED) is 0.746. The average Bonchev–Trinajstić information content (AvgIpc) is 2.48. The predicted molar refractivity (Wildman–Crippen MR) is 75.7 cm³/mol. The molecule has 6 heteroatoms. The van der Waals surface area contributed by atoms with Crippen molar-refractivity contribution in [3.8, 4) is 11.8 Å². The third kappa shape index (κ3) is 3.96. The number of anilines is 1. The van der Waals surface area contributed by atoms with Crippen molar-refractivity contribution in [3.05, 3.63) is 6.07 Å². The highest BCUT2D eigenvalue weighted by Crippen LogP contribution is 2.25. The van der Waals surface area contributed by atoms with Crippen LogP contribution in [0.3, 0.4) is 0 Å². The van der Waals surface area contributed by atoms with Crippen LogP contribution in [0, 0.1) is 5.41 Å². The lowest BCUT2D eigenvalue weighted by atomic mass is 9.82. The SMILES string of the molecule is CCC(CC)(CN)CNc1nc(OC)cc(OC)n1. The zero-order chi connectivity index (χ0) is 14.3. The Morgan fingerprint density at radius 2 is 1.68 bits per heavy atom. The third-order valence-electron chi connectivity index (χ3n) is 3.65. The molecule has 0 aliphatic heterocycles. The Bertz CT molecular complexity index is 364. The van der Waals surface area contributed by atoms with Gasteiger partial charge in [0.2, 0.25) is 17.7 Å². The second-order valence-corrected chi connectivity index (χ2v) is 4.54. The number of hydrogen-bond donors (Lipinski definition) is 2. The highest BCUT2D eigenvalue weighted by atomic mass is 16.5. The molecule has 0 saturated carbocycles. The van der Waals surface area contributed by atoms with E-state index in [0.717, 1.165) is 19.4 Å². The van der Waals surface area contributed by atoms with Gasteiger partial charge in [-0.1, -0.05) is 13.8 Å². The molecule has 6 nitrogen and oxygen atoms in total. The van der Waals surface area contributed by atoms with Crippen LogP contribution in [0.4, 0.5) is 5.95 Å². The molecule has 1 aromatic rings. The van der Waals surface area contributed by atoms with Crippen LogP contribution in [0.2, 0.25) is 0 Å². The van der Waals surface area contributed by atoms with Gasteiger partial charge in [0.15, 0.2) is 0 Å². The number of aromatic nitrogens is 2. The maximum atomic E-state index is 5.87. The first-order valence-corrected chi connectivity index (χ1v) is 6.54. The Morgan fingerprint density at radius 1 is 1.16 bits per heavy atom. The molecule has 108 valence electrons. The summed E-state index contributed by atoms with van der Waals surface area (Å²) >= 11 is 0. The number of rotatable bonds is 8. The Hall–Kier alpha value is -1.56. The Kier molecular flexibility index (Phi) is 5.82. The fourth-order valence-corrected chi connectivity index (χ4v) is 1.82. The molecule has 3 N–H and O–H groups in total. The molecule has 1 heterocycles. The molecule has 19 heavy (non-hydrogen) atoms. The molecule has 0 aliphatic carbocycles. The van der Waals surface area contributed by atoms with Gasteiger partial charge in [-0.25, -0.2) is 0 Å². The zero-order valence-electron chi connectivity index (χ0n) is 12.2. The Labute approximate surface area is 114 Å². The largest absolute Gasteiger partial charge is 0.481 e. The Balaban J connectivity index is 2.81. The van der Waals surface area contributed by atoms with Crippen LogP contribution in [0.15, 0.2) is 6.07 Å². The van der Waals surface area contributed by atoms with Crippen molar-refractivity contribution < 1.29 is 9.47 Å². The molecule has 0 spiro atoms. The van der Waals surface area contributed by atoms with Gasteiger partial charge in [-0.15, -0.1) is 0 Å². The highest BCUT2D eigenvalue weighted by molar-refractivity contribution is 5.33. The molecule has 0 amide bonds. The topological polar surface area (TPSA) is 82.3 Å². The van der Waals surface area contributed by atoms with E-state index in [4.69, 9.17) is 15.2 Å². The summed E-state index contributed by atoms with van der Waals surface area (Å²) in [4.78, 5) is 8.48. The van der Waals surface area contributed by atoms with Gasteiger partial charge in [-0.3, -0.25) is 0 Å². The first kappa shape index (κ1) is 15.5. The number of methoxy groups -OCH3 is 2. The third-order valence-corrected chi connectivity index (χ3v) is 3.65. The maximum Gasteiger partial charge on any atom is 0.229 e. The summed E-state index contributed by atoms with van der Waals surface area (Å²) in [6.45, 7) is 5.65. The fourth-order valence-electron chi connectivity index (χ4n) is 1.82. The van der Waals surface area contributed by atoms with Crippen LogP contribution in [-0.2, 0) is 0 Å². The summed E-state index contributed by atoms with van der Waals surface area (Å²) in [5.41, 5.74) is 5.94. The lowest BCUT2D eigenvalue weighted by molar-refractivity contribution is 0.293. The molecular weight excluding hydrogens is 244 g/mol. The van der Waals surface area contributed by atoms with Gasteiger partial charge in [-0.2, -0.15) is 9.97 Å². The molecule has 0 bridgehead atoms. The monoisotopic (exact) mass is 268 g/mol. The van der Waals surface area contributed by atoms with E-state index in [9.17, 15) is 0 Å². The van der Waals surface area contributed by atoms with E-state index in [1.54, 1.807) is 20.3 Å². The number of hydrogen-bond acceptors (Lipinski definition) is 6. The molecule has 0 saturated heterocycles. The summed E-state index contributed by atoms with van der Waals surface area (Å²) in [5, 5.41) is 3.23. The minimum absolute atomic E-state index is 0.0691. The standard InChI is InChI=1S/C13H24N4O2/c1-5-13(6-2,8-14)9-15-12-16-10(18-3)7-11(17-12)19-4/h7H,5-6,8-9,14H2,1-4H3,(H,15,16,17). The average molecular weight is 268 g/mol. The van der Waals surface area contributed by atoms with Gasteiger partial charge in [0.25, 0.3) is 0 Å². The van der Waals surface area contributed by atoms with Gasteiger partial charge in [0, 0.05) is 6.54 Å². The number of nitrogens with one attached hydrogen (secondary N) is 1. The highest BCUT2D eigenvalue weighted by Gasteiger charge is 2.24. The van der Waals surface area contributed by atoms with Crippen LogP contribution in [0.5, 0.6) is 11.8 Å². The van der Waals surface area contributed by atoms with E-state index in [-0.39, 0.29) is 5.41 Å². The van der Waals surface area contributed by atoms with E-state index in [1.807, 2.05) is 0 Å². The van der Waals surface area contributed by atoms with Crippen molar-refractivity contribution in [1.82, 2.24) is 9.97 Å². The van der Waals surface area contributed by atoms with Crippen LogP contribution >= 0.6 is 0 Å². The molecule has 1 rings (SSSR count). The van der Waals surface area contributed by atoms with Crippen molar-refractivity contribution in [1.29, 1.82) is 0 Å². The lowest BCUT2D eigenvalue weighted by Gasteiger charge is -2.30. The van der Waals surface area contributed by atoms with E-state index >= 15 is 0 Å². The number of ether oxygens (including phenoxy) is 2. The van der Waals surface area contributed by atoms with Gasteiger partial charge >= 0.3 is 0 Å². The maximum absolute atomic E-state index is 5.87. The molecule has 0 aliphatic rings. The fraction of sp³-hybridized carbons (Fsp3) is 0.692. The van der Waals surface area contributed by atoms with E-state index in [1.165, 1.54) is 0 Å². The zero-order valence-corrected chi connectivity index (χ0v) is 12.2. The number of nitrogens with zero attached hydrogens (tertiary/aromatic N) is 2. The summed E-state index contributed by atoms with van der Waals surface area (Å²) in [6.07, 6.45) is 2.02. The normalized spacial score (nSPS) is 11.2. The molecule has 1 aromatic heterocycles. The number of nitrogens with two attached hydrogens (primary N) is 1. The van der Waals surface area contributed by atoms with E-state index in [2.05, 4.69) is 29.1 Å². The van der Waals surface area contributed by atoms with Crippen LogP contribution in [0.1, 0.15) is 26.7 Å². The summed E-state index contributed by atoms with van der Waals surface area (Å²) < 4.78 is 10.2. The van der Waals surface area contributed by atoms with Crippen LogP contribution in [-0.4, -0.2) is 37.3 Å². The smallest absolute Gasteiger partial charge is 0.229 e. The summed E-state index contributed by atoms with van der Waals surface area (Å²) in [5.74, 6) is 1.44. The second-order valence-electron chi connectivity index (χ2n) is 4.54. The summed E-state index contributed by atoms with van der Waals surface area (Å²) in [7, 11) is 3.13. The Morgan fingerprint density at radius 3 is 2.05 bits per heavy atom. The summed E-state index contributed by atoms with van der Waals surface area (Å²) in [6, 6.07) is 1.64. The first-order valence-electron chi connectivity index (χ1n) is 6.54. The first-order chi connectivity index (χ1) is 9.12. The van der Waals surface area contributed by atoms with Gasteiger partial charge < -0.3 is 20.5 Å². The van der Waals surface area contributed by atoms with Crippen molar-refractivity contribution in [3.63, 3.8) is 0 Å². The van der Waals surface area contributed by atoms with Crippen molar-refractivity contribution in [2.45, 2.75) is 26.7 Å². The predicted octanol–water partition coefficient (Wildman–Crippen LogP) is 1.67. The molecule has 0 radical (unpaired) electrons. The lowest BCUT2D eigenvalue weighted by Crippen LogP contribution is -2.36. The molecule has 0 unspecified atom stereocenters. The van der Waals surface area contributed by atoms with Gasteiger partial charge in [-0.05, 0) is 24.8 Å². The van der Waals surface area contributed by atoms with Crippen molar-refractivity contribution >= 4 is 5.95 Å². The van der Waals surface area contributed by atoms with Crippen molar-refractivity contribution in [2.24, 2.45) is 11.1 Å². The molecule has 0 fully saturated rings.